The normalized spacial score (nSPS) is 26.4. The number of ether oxygens (including phenoxy) is 1. The number of nitrogens with zero attached hydrogens (tertiary/aromatic N) is 2. The highest BCUT2D eigenvalue weighted by Crippen LogP contribution is 2.21. The van der Waals surface area contributed by atoms with Crippen LogP contribution in [0, 0.1) is 11.8 Å². The van der Waals surface area contributed by atoms with Crippen LogP contribution in [0.2, 0.25) is 0 Å². The van der Waals surface area contributed by atoms with E-state index in [0.717, 1.165) is 58.0 Å². The van der Waals surface area contributed by atoms with Gasteiger partial charge in [0.25, 0.3) is 0 Å². The van der Waals surface area contributed by atoms with Crippen LogP contribution < -0.4 is 0 Å². The molecule has 0 aromatic carbocycles. The molecule has 0 aromatic rings. The minimum Gasteiger partial charge on any atom is -0.384 e. The van der Waals surface area contributed by atoms with Gasteiger partial charge in [-0.2, -0.15) is 0 Å². The number of hydrogen-bond donors (Lipinski definition) is 0. The van der Waals surface area contributed by atoms with Gasteiger partial charge in [-0.3, -0.25) is 0 Å². The van der Waals surface area contributed by atoms with Crippen molar-refractivity contribution in [2.24, 2.45) is 11.8 Å². The maximum Gasteiger partial charge on any atom is 0.320 e. The zero-order valence-corrected chi connectivity index (χ0v) is 11.7. The van der Waals surface area contributed by atoms with Crippen LogP contribution in [-0.2, 0) is 4.74 Å². The van der Waals surface area contributed by atoms with Crippen molar-refractivity contribution in [1.82, 2.24) is 9.80 Å². The van der Waals surface area contributed by atoms with Crippen molar-refractivity contribution in [3.05, 3.63) is 0 Å². The van der Waals surface area contributed by atoms with Crippen LogP contribution >= 0.6 is 0 Å². The molecule has 0 saturated carbocycles. The number of likely N-dealkylation sites (tertiary alicyclic amines) is 2. The topological polar surface area (TPSA) is 32.8 Å². The standard InChI is InChI=1S/C14H26N2O2/c1-12-5-8-15(9-6-12)14(17)16-7-3-4-13(10-16)11-18-2/h12-13H,3-11H2,1-2H3. The second-order valence-corrected chi connectivity index (χ2v) is 5.86. The second-order valence-electron chi connectivity index (χ2n) is 5.86. The van der Waals surface area contributed by atoms with Crippen molar-refractivity contribution in [2.75, 3.05) is 39.9 Å². The lowest BCUT2D eigenvalue weighted by Crippen LogP contribution is -2.50. The van der Waals surface area contributed by atoms with E-state index in [1.165, 1.54) is 6.42 Å². The third kappa shape index (κ3) is 3.37. The quantitative estimate of drug-likeness (QED) is 0.757. The van der Waals surface area contributed by atoms with Crippen LogP contribution in [0.4, 0.5) is 4.79 Å². The smallest absolute Gasteiger partial charge is 0.320 e. The number of piperidine rings is 2. The highest BCUT2D eigenvalue weighted by atomic mass is 16.5. The Labute approximate surface area is 110 Å². The molecule has 0 bridgehead atoms. The predicted molar refractivity (Wildman–Crippen MR) is 71.5 cm³/mol. The molecule has 18 heavy (non-hydrogen) atoms. The average molecular weight is 254 g/mol. The van der Waals surface area contributed by atoms with Gasteiger partial charge in [-0.25, -0.2) is 4.79 Å². The van der Waals surface area contributed by atoms with Crippen molar-refractivity contribution in [3.8, 4) is 0 Å². The summed E-state index contributed by atoms with van der Waals surface area (Å²) in [6.45, 7) is 6.72. The molecule has 4 nitrogen and oxygen atoms in total. The molecule has 1 atom stereocenters. The fourth-order valence-electron chi connectivity index (χ4n) is 3.01. The van der Waals surface area contributed by atoms with Crippen molar-refractivity contribution in [1.29, 1.82) is 0 Å². The molecule has 0 N–H and O–H groups in total. The van der Waals surface area contributed by atoms with Gasteiger partial charge < -0.3 is 14.5 Å². The fraction of sp³-hybridized carbons (Fsp3) is 0.929. The van der Waals surface area contributed by atoms with Crippen LogP contribution in [0.5, 0.6) is 0 Å². The van der Waals surface area contributed by atoms with E-state index in [2.05, 4.69) is 6.92 Å². The van der Waals surface area contributed by atoms with Crippen LogP contribution in [0.3, 0.4) is 0 Å². The average Bonchev–Trinajstić information content (AvgIpc) is 2.39. The zero-order valence-electron chi connectivity index (χ0n) is 11.7. The van der Waals surface area contributed by atoms with Gasteiger partial charge in [0.2, 0.25) is 0 Å². The van der Waals surface area contributed by atoms with Crippen LogP contribution in [0.15, 0.2) is 0 Å². The van der Waals surface area contributed by atoms with Gasteiger partial charge in [0.1, 0.15) is 0 Å². The minimum atomic E-state index is 0.253. The van der Waals surface area contributed by atoms with Gasteiger partial charge in [0.15, 0.2) is 0 Å². The van der Waals surface area contributed by atoms with Gasteiger partial charge in [-0.15, -0.1) is 0 Å². The summed E-state index contributed by atoms with van der Waals surface area (Å²) in [4.78, 5) is 16.5. The van der Waals surface area contributed by atoms with E-state index in [-0.39, 0.29) is 6.03 Å². The molecule has 2 aliphatic rings. The Bertz CT molecular complexity index is 273. The molecule has 2 fully saturated rings. The lowest BCUT2D eigenvalue weighted by molar-refractivity contribution is 0.0821. The van der Waals surface area contributed by atoms with Crippen molar-refractivity contribution >= 4 is 6.03 Å². The van der Waals surface area contributed by atoms with Crippen LogP contribution in [0.1, 0.15) is 32.6 Å². The van der Waals surface area contributed by atoms with E-state index in [0.29, 0.717) is 5.92 Å². The van der Waals surface area contributed by atoms with E-state index in [1.54, 1.807) is 7.11 Å². The maximum absolute atomic E-state index is 12.4. The molecule has 2 saturated heterocycles. The van der Waals surface area contributed by atoms with Crippen molar-refractivity contribution < 1.29 is 9.53 Å². The van der Waals surface area contributed by atoms with Gasteiger partial charge in [0, 0.05) is 39.2 Å². The first-order chi connectivity index (χ1) is 8.70. The first kappa shape index (κ1) is 13.7. The summed E-state index contributed by atoms with van der Waals surface area (Å²) in [7, 11) is 1.74. The third-order valence-electron chi connectivity index (χ3n) is 4.25. The van der Waals surface area contributed by atoms with Crippen molar-refractivity contribution in [2.45, 2.75) is 32.6 Å². The third-order valence-corrected chi connectivity index (χ3v) is 4.25. The molecule has 0 spiro atoms. The molecule has 4 heteroatoms. The molecule has 0 aliphatic carbocycles. The molecule has 2 amide bonds. The van der Waals surface area contributed by atoms with Crippen LogP contribution in [-0.4, -0.2) is 55.7 Å². The predicted octanol–water partition coefficient (Wildman–Crippen LogP) is 2.20. The lowest BCUT2D eigenvalue weighted by Gasteiger charge is -2.38. The number of carbonyl (C=O) groups excluding carboxylic acids is 1. The monoisotopic (exact) mass is 254 g/mol. The summed E-state index contributed by atoms with van der Waals surface area (Å²) >= 11 is 0. The van der Waals surface area contributed by atoms with Crippen LogP contribution in [0.25, 0.3) is 0 Å². The van der Waals surface area contributed by atoms with Gasteiger partial charge >= 0.3 is 6.03 Å². The van der Waals surface area contributed by atoms with E-state index >= 15 is 0 Å². The first-order valence-electron chi connectivity index (χ1n) is 7.23. The number of rotatable bonds is 2. The Hall–Kier alpha value is -0.770. The SMILES string of the molecule is COCC1CCCN(C(=O)N2CCC(C)CC2)C1. The highest BCUT2D eigenvalue weighted by molar-refractivity contribution is 5.74. The molecule has 2 rings (SSSR count). The fourth-order valence-corrected chi connectivity index (χ4v) is 3.01. The number of hydrogen-bond acceptors (Lipinski definition) is 2. The van der Waals surface area contributed by atoms with E-state index in [9.17, 15) is 4.79 Å². The minimum absolute atomic E-state index is 0.253. The van der Waals surface area contributed by atoms with E-state index in [4.69, 9.17) is 4.74 Å². The number of carbonyl (C=O) groups is 1. The van der Waals surface area contributed by atoms with E-state index < -0.39 is 0 Å². The summed E-state index contributed by atoms with van der Waals surface area (Å²) in [5.74, 6) is 1.30. The number of urea groups is 1. The summed E-state index contributed by atoms with van der Waals surface area (Å²) in [6.07, 6.45) is 4.61. The van der Waals surface area contributed by atoms with Gasteiger partial charge in [-0.1, -0.05) is 6.92 Å². The van der Waals surface area contributed by atoms with Crippen molar-refractivity contribution in [3.63, 3.8) is 0 Å². The summed E-state index contributed by atoms with van der Waals surface area (Å²) in [5.41, 5.74) is 0. The summed E-state index contributed by atoms with van der Waals surface area (Å²) in [6, 6.07) is 0.253. The zero-order chi connectivity index (χ0) is 13.0. The Morgan fingerprint density at radius 1 is 1.17 bits per heavy atom. The molecule has 0 radical (unpaired) electrons. The Morgan fingerprint density at radius 2 is 1.89 bits per heavy atom. The second kappa shape index (κ2) is 6.41. The molecular formula is C14H26N2O2. The van der Waals surface area contributed by atoms with Gasteiger partial charge in [-0.05, 0) is 31.6 Å². The molecule has 2 heterocycles. The number of methoxy groups -OCH3 is 1. The van der Waals surface area contributed by atoms with E-state index in [1.807, 2.05) is 9.80 Å². The maximum atomic E-state index is 12.4. The first-order valence-corrected chi connectivity index (χ1v) is 7.23. The number of amides is 2. The summed E-state index contributed by atoms with van der Waals surface area (Å²) < 4.78 is 5.22. The van der Waals surface area contributed by atoms with Gasteiger partial charge in [0.05, 0.1) is 6.61 Å². The molecule has 2 aliphatic heterocycles. The Morgan fingerprint density at radius 3 is 2.56 bits per heavy atom. The Balaban J connectivity index is 1.84. The highest BCUT2D eigenvalue weighted by Gasteiger charge is 2.28. The molecular weight excluding hydrogens is 228 g/mol. The largest absolute Gasteiger partial charge is 0.384 e. The lowest BCUT2D eigenvalue weighted by atomic mass is 9.98. The molecule has 104 valence electrons. The Kier molecular flexibility index (Phi) is 4.87. The summed E-state index contributed by atoms with van der Waals surface area (Å²) in [5, 5.41) is 0. The molecule has 1 unspecified atom stereocenters. The molecule has 0 aromatic heterocycles.